The molecule has 0 heterocycles. The molecule has 1 aromatic carbocycles. The van der Waals surface area contributed by atoms with E-state index >= 15 is 0 Å². The molecule has 0 unspecified atom stereocenters. The second-order valence-corrected chi connectivity index (χ2v) is 5.89. The standard InChI is InChI=1S/C17H27NO3.ClH/c1-12(2)11-20-16(10-15-8-6-5-7-9-15)14(4)21-17(19)13(3)18;/h5-9,12-14,16H,10-11,18H2,1-4H3;1H/t13-,14-,16+;/m0./s1. The Morgan fingerprint density at radius 3 is 2.23 bits per heavy atom. The van der Waals surface area contributed by atoms with Crippen molar-refractivity contribution >= 4 is 18.4 Å². The van der Waals surface area contributed by atoms with E-state index in [-0.39, 0.29) is 24.6 Å². The number of rotatable bonds is 8. The van der Waals surface area contributed by atoms with E-state index in [1.807, 2.05) is 37.3 Å². The first-order chi connectivity index (χ1) is 9.90. The first-order valence-electron chi connectivity index (χ1n) is 7.51. The average molecular weight is 330 g/mol. The molecule has 3 atom stereocenters. The fraction of sp³-hybridized carbons (Fsp3) is 0.588. The van der Waals surface area contributed by atoms with E-state index in [0.717, 1.165) is 5.56 Å². The highest BCUT2D eigenvalue weighted by atomic mass is 35.5. The van der Waals surface area contributed by atoms with E-state index in [4.69, 9.17) is 15.2 Å². The number of nitrogens with two attached hydrogens (primary N) is 1. The Balaban J connectivity index is 0.00000441. The van der Waals surface area contributed by atoms with E-state index in [0.29, 0.717) is 18.9 Å². The number of carbonyl (C=O) groups excluding carboxylic acids is 1. The van der Waals surface area contributed by atoms with Crippen molar-refractivity contribution in [1.29, 1.82) is 0 Å². The van der Waals surface area contributed by atoms with Crippen LogP contribution in [0.2, 0.25) is 0 Å². The smallest absolute Gasteiger partial charge is 0.322 e. The Morgan fingerprint density at radius 2 is 1.73 bits per heavy atom. The van der Waals surface area contributed by atoms with Crippen molar-refractivity contribution in [1.82, 2.24) is 0 Å². The normalized spacial score (nSPS) is 14.8. The Hall–Kier alpha value is -1.10. The summed E-state index contributed by atoms with van der Waals surface area (Å²) >= 11 is 0. The fourth-order valence-corrected chi connectivity index (χ4v) is 1.89. The van der Waals surface area contributed by atoms with E-state index in [1.165, 1.54) is 0 Å². The van der Waals surface area contributed by atoms with Crippen LogP contribution in [0, 0.1) is 5.92 Å². The van der Waals surface area contributed by atoms with Crippen molar-refractivity contribution < 1.29 is 14.3 Å². The third kappa shape index (κ3) is 7.78. The highest BCUT2D eigenvalue weighted by Crippen LogP contribution is 2.14. The van der Waals surface area contributed by atoms with Gasteiger partial charge in [-0.15, -0.1) is 12.4 Å². The van der Waals surface area contributed by atoms with Gasteiger partial charge in [0.05, 0.1) is 6.10 Å². The number of ether oxygens (including phenoxy) is 2. The summed E-state index contributed by atoms with van der Waals surface area (Å²) in [6.07, 6.45) is 0.209. The van der Waals surface area contributed by atoms with Gasteiger partial charge in [-0.25, -0.2) is 0 Å². The minimum atomic E-state index is -0.616. The van der Waals surface area contributed by atoms with Crippen LogP contribution >= 0.6 is 12.4 Å². The zero-order valence-corrected chi connectivity index (χ0v) is 14.6. The quantitative estimate of drug-likeness (QED) is 0.745. The molecule has 5 heteroatoms. The summed E-state index contributed by atoms with van der Waals surface area (Å²) in [5, 5.41) is 0. The Bertz CT molecular complexity index is 423. The summed E-state index contributed by atoms with van der Waals surface area (Å²) in [4.78, 5) is 11.6. The van der Waals surface area contributed by atoms with Gasteiger partial charge in [-0.1, -0.05) is 44.2 Å². The predicted molar refractivity (Wildman–Crippen MR) is 91.2 cm³/mol. The van der Waals surface area contributed by atoms with Crippen LogP contribution in [0.25, 0.3) is 0 Å². The van der Waals surface area contributed by atoms with Crippen molar-refractivity contribution in [2.75, 3.05) is 6.61 Å². The van der Waals surface area contributed by atoms with Gasteiger partial charge in [0, 0.05) is 13.0 Å². The molecular weight excluding hydrogens is 302 g/mol. The number of esters is 1. The van der Waals surface area contributed by atoms with Crippen molar-refractivity contribution in [3.8, 4) is 0 Å². The van der Waals surface area contributed by atoms with Crippen molar-refractivity contribution in [2.45, 2.75) is 52.4 Å². The van der Waals surface area contributed by atoms with Gasteiger partial charge in [0.25, 0.3) is 0 Å². The van der Waals surface area contributed by atoms with Gasteiger partial charge in [0.2, 0.25) is 0 Å². The zero-order valence-electron chi connectivity index (χ0n) is 13.8. The number of hydrogen-bond acceptors (Lipinski definition) is 4. The lowest BCUT2D eigenvalue weighted by Crippen LogP contribution is -2.38. The highest BCUT2D eigenvalue weighted by Gasteiger charge is 2.24. The molecule has 1 rings (SSSR count). The molecular formula is C17H28ClNO3. The lowest BCUT2D eigenvalue weighted by atomic mass is 10.0. The molecule has 0 aliphatic heterocycles. The van der Waals surface area contributed by atoms with Crippen LogP contribution in [-0.2, 0) is 20.7 Å². The van der Waals surface area contributed by atoms with Crippen LogP contribution in [0.5, 0.6) is 0 Å². The summed E-state index contributed by atoms with van der Waals surface area (Å²) in [5.74, 6) is 0.0355. The monoisotopic (exact) mass is 329 g/mol. The number of halogens is 1. The molecule has 2 N–H and O–H groups in total. The molecule has 0 spiro atoms. The van der Waals surface area contributed by atoms with Crippen LogP contribution in [0.3, 0.4) is 0 Å². The molecule has 0 aliphatic rings. The van der Waals surface area contributed by atoms with E-state index in [1.54, 1.807) is 6.92 Å². The second kappa shape index (κ2) is 10.6. The molecule has 0 bridgehead atoms. The van der Waals surface area contributed by atoms with Crippen LogP contribution in [-0.4, -0.2) is 30.8 Å². The highest BCUT2D eigenvalue weighted by molar-refractivity contribution is 5.85. The van der Waals surface area contributed by atoms with E-state index < -0.39 is 12.0 Å². The van der Waals surface area contributed by atoms with Crippen LogP contribution in [0.4, 0.5) is 0 Å². The molecule has 0 saturated heterocycles. The van der Waals surface area contributed by atoms with Gasteiger partial charge < -0.3 is 15.2 Å². The summed E-state index contributed by atoms with van der Waals surface area (Å²) in [5.41, 5.74) is 6.71. The molecule has 0 saturated carbocycles. The molecule has 4 nitrogen and oxygen atoms in total. The topological polar surface area (TPSA) is 61.5 Å². The van der Waals surface area contributed by atoms with E-state index in [2.05, 4.69) is 13.8 Å². The van der Waals surface area contributed by atoms with Crippen LogP contribution < -0.4 is 5.73 Å². The maximum Gasteiger partial charge on any atom is 0.322 e. The average Bonchev–Trinajstić information content (AvgIpc) is 2.44. The van der Waals surface area contributed by atoms with Gasteiger partial charge in [-0.2, -0.15) is 0 Å². The number of hydrogen-bond donors (Lipinski definition) is 1. The number of benzene rings is 1. The Morgan fingerprint density at radius 1 is 1.14 bits per heavy atom. The molecule has 0 fully saturated rings. The first kappa shape index (κ1) is 20.9. The minimum absolute atomic E-state index is 0. The summed E-state index contributed by atoms with van der Waals surface area (Å²) in [6.45, 7) is 8.30. The minimum Gasteiger partial charge on any atom is -0.459 e. The van der Waals surface area contributed by atoms with Crippen LogP contribution in [0.1, 0.15) is 33.3 Å². The van der Waals surface area contributed by atoms with Gasteiger partial charge in [0.1, 0.15) is 12.1 Å². The first-order valence-corrected chi connectivity index (χ1v) is 7.51. The summed E-state index contributed by atoms with van der Waals surface area (Å²) < 4.78 is 11.3. The van der Waals surface area contributed by atoms with Crippen LogP contribution in [0.15, 0.2) is 30.3 Å². The molecule has 22 heavy (non-hydrogen) atoms. The Labute approximate surface area is 139 Å². The lowest BCUT2D eigenvalue weighted by molar-refractivity contribution is -0.157. The fourth-order valence-electron chi connectivity index (χ4n) is 1.89. The SMILES string of the molecule is CC(C)CO[C@H](Cc1ccccc1)[C@H](C)OC(=O)[C@H](C)N.Cl. The van der Waals surface area contributed by atoms with Crippen molar-refractivity contribution in [3.63, 3.8) is 0 Å². The van der Waals surface area contributed by atoms with Gasteiger partial charge in [-0.3, -0.25) is 4.79 Å². The van der Waals surface area contributed by atoms with E-state index in [9.17, 15) is 4.79 Å². The zero-order chi connectivity index (χ0) is 15.8. The molecule has 0 aromatic heterocycles. The third-order valence-corrected chi connectivity index (χ3v) is 3.12. The molecule has 0 amide bonds. The van der Waals surface area contributed by atoms with Gasteiger partial charge >= 0.3 is 5.97 Å². The maximum absolute atomic E-state index is 11.6. The number of carbonyl (C=O) groups is 1. The van der Waals surface area contributed by atoms with Crippen molar-refractivity contribution in [2.24, 2.45) is 11.7 Å². The largest absolute Gasteiger partial charge is 0.459 e. The molecule has 1 aromatic rings. The van der Waals surface area contributed by atoms with Gasteiger partial charge in [-0.05, 0) is 25.3 Å². The molecule has 126 valence electrons. The predicted octanol–water partition coefficient (Wildman–Crippen LogP) is 2.97. The second-order valence-electron chi connectivity index (χ2n) is 5.89. The lowest BCUT2D eigenvalue weighted by Gasteiger charge is -2.26. The Kier molecular flexibility index (Phi) is 10.1. The summed E-state index contributed by atoms with van der Waals surface area (Å²) in [6, 6.07) is 9.45. The van der Waals surface area contributed by atoms with Gasteiger partial charge in [0.15, 0.2) is 0 Å². The molecule has 0 aliphatic carbocycles. The summed E-state index contributed by atoms with van der Waals surface area (Å²) in [7, 11) is 0. The molecule has 0 radical (unpaired) electrons. The third-order valence-electron chi connectivity index (χ3n) is 3.12. The van der Waals surface area contributed by atoms with Crippen molar-refractivity contribution in [3.05, 3.63) is 35.9 Å². The maximum atomic E-state index is 11.6.